The number of fused-ring (bicyclic) bond motifs is 1. The highest BCUT2D eigenvalue weighted by molar-refractivity contribution is 14.1. The van der Waals surface area contributed by atoms with E-state index in [4.69, 9.17) is 5.84 Å². The van der Waals surface area contributed by atoms with E-state index in [0.717, 1.165) is 19.4 Å². The SMILES string of the molecule is NNc1nc(-c2cccs2)nc2ccc(I)cc12. The monoisotopic (exact) mass is 368 g/mol. The average Bonchev–Trinajstić information content (AvgIpc) is 2.91. The third-order valence-electron chi connectivity index (χ3n) is 2.54. The van der Waals surface area contributed by atoms with Crippen molar-refractivity contribution in [3.63, 3.8) is 0 Å². The van der Waals surface area contributed by atoms with Gasteiger partial charge < -0.3 is 5.43 Å². The predicted molar refractivity (Wildman–Crippen MR) is 83.4 cm³/mol. The molecule has 18 heavy (non-hydrogen) atoms. The van der Waals surface area contributed by atoms with Gasteiger partial charge in [-0.15, -0.1) is 11.3 Å². The Morgan fingerprint density at radius 3 is 2.83 bits per heavy atom. The molecule has 0 saturated heterocycles. The van der Waals surface area contributed by atoms with Crippen molar-refractivity contribution >= 4 is 50.6 Å². The fourth-order valence-electron chi connectivity index (χ4n) is 1.73. The summed E-state index contributed by atoms with van der Waals surface area (Å²) in [4.78, 5) is 10.1. The van der Waals surface area contributed by atoms with Crippen LogP contribution >= 0.6 is 33.9 Å². The second-order valence-corrected chi connectivity index (χ2v) is 5.87. The molecule has 90 valence electrons. The smallest absolute Gasteiger partial charge is 0.172 e. The number of anilines is 1. The molecule has 2 aromatic heterocycles. The zero-order valence-corrected chi connectivity index (χ0v) is 12.2. The fourth-order valence-corrected chi connectivity index (χ4v) is 2.88. The van der Waals surface area contributed by atoms with Crippen LogP contribution in [0.25, 0.3) is 21.6 Å². The van der Waals surface area contributed by atoms with Gasteiger partial charge in [-0.1, -0.05) is 6.07 Å². The summed E-state index contributed by atoms with van der Waals surface area (Å²) in [6, 6.07) is 10.0. The van der Waals surface area contributed by atoms with Crippen LogP contribution in [0.2, 0.25) is 0 Å². The Hall–Kier alpha value is -1.25. The number of rotatable bonds is 2. The lowest BCUT2D eigenvalue weighted by molar-refractivity contribution is 1.19. The quantitative estimate of drug-likeness (QED) is 0.414. The Labute approximate surface area is 121 Å². The highest BCUT2D eigenvalue weighted by Gasteiger charge is 2.09. The first kappa shape index (κ1) is 11.8. The lowest BCUT2D eigenvalue weighted by Gasteiger charge is -2.07. The van der Waals surface area contributed by atoms with Gasteiger partial charge in [0.2, 0.25) is 0 Å². The molecule has 6 heteroatoms. The van der Waals surface area contributed by atoms with Gasteiger partial charge in [-0.25, -0.2) is 15.8 Å². The van der Waals surface area contributed by atoms with Crippen LogP contribution in [0, 0.1) is 3.57 Å². The highest BCUT2D eigenvalue weighted by Crippen LogP contribution is 2.27. The number of hydrogen-bond donors (Lipinski definition) is 2. The predicted octanol–water partition coefficient (Wildman–Crippen LogP) is 3.25. The van der Waals surface area contributed by atoms with Gasteiger partial charge in [-0.05, 0) is 52.2 Å². The minimum atomic E-state index is 0.655. The molecule has 0 aliphatic heterocycles. The van der Waals surface area contributed by atoms with Crippen LogP contribution in [-0.4, -0.2) is 9.97 Å². The normalized spacial score (nSPS) is 10.8. The number of aromatic nitrogens is 2. The molecule has 0 bridgehead atoms. The summed E-state index contributed by atoms with van der Waals surface area (Å²) in [5.74, 6) is 6.90. The largest absolute Gasteiger partial charge is 0.308 e. The van der Waals surface area contributed by atoms with Crippen LogP contribution < -0.4 is 11.3 Å². The van der Waals surface area contributed by atoms with Gasteiger partial charge >= 0.3 is 0 Å². The molecule has 3 N–H and O–H groups in total. The van der Waals surface area contributed by atoms with E-state index in [1.54, 1.807) is 11.3 Å². The van der Waals surface area contributed by atoms with E-state index >= 15 is 0 Å². The van der Waals surface area contributed by atoms with Gasteiger partial charge in [0, 0.05) is 8.96 Å². The van der Waals surface area contributed by atoms with Crippen molar-refractivity contribution in [2.24, 2.45) is 5.84 Å². The summed E-state index contributed by atoms with van der Waals surface area (Å²) < 4.78 is 1.13. The number of nitrogen functional groups attached to an aromatic ring is 1. The third-order valence-corrected chi connectivity index (χ3v) is 4.07. The third kappa shape index (κ3) is 2.06. The first-order chi connectivity index (χ1) is 8.78. The standard InChI is InChI=1S/C12H9IN4S/c13-7-3-4-9-8(6-7)11(17-14)16-12(15-9)10-2-1-5-18-10/h1-6H,14H2,(H,15,16,17). The summed E-state index contributed by atoms with van der Waals surface area (Å²) >= 11 is 3.87. The molecule has 0 saturated carbocycles. The Morgan fingerprint density at radius 2 is 2.11 bits per heavy atom. The molecule has 0 spiro atoms. The lowest BCUT2D eigenvalue weighted by atomic mass is 10.2. The van der Waals surface area contributed by atoms with Crippen molar-refractivity contribution in [3.8, 4) is 10.7 Å². The average molecular weight is 368 g/mol. The van der Waals surface area contributed by atoms with Gasteiger partial charge in [0.15, 0.2) is 11.6 Å². The second-order valence-electron chi connectivity index (χ2n) is 3.68. The lowest BCUT2D eigenvalue weighted by Crippen LogP contribution is -2.10. The Morgan fingerprint density at radius 1 is 1.22 bits per heavy atom. The molecule has 0 radical (unpaired) electrons. The van der Waals surface area contributed by atoms with E-state index in [2.05, 4.69) is 38.0 Å². The number of halogens is 1. The molecule has 0 amide bonds. The maximum absolute atomic E-state index is 5.55. The van der Waals surface area contributed by atoms with Crippen molar-refractivity contribution in [3.05, 3.63) is 39.3 Å². The fraction of sp³-hybridized carbons (Fsp3) is 0. The number of nitrogens with one attached hydrogen (secondary N) is 1. The van der Waals surface area contributed by atoms with E-state index < -0.39 is 0 Å². The molecular formula is C12H9IN4S. The first-order valence-corrected chi connectivity index (χ1v) is 7.21. The van der Waals surface area contributed by atoms with Gasteiger partial charge in [0.25, 0.3) is 0 Å². The summed E-state index contributed by atoms with van der Waals surface area (Å²) in [7, 11) is 0. The van der Waals surface area contributed by atoms with E-state index in [-0.39, 0.29) is 0 Å². The molecular weight excluding hydrogens is 359 g/mol. The maximum Gasteiger partial charge on any atom is 0.172 e. The summed E-state index contributed by atoms with van der Waals surface area (Å²) in [6.07, 6.45) is 0. The topological polar surface area (TPSA) is 63.8 Å². The van der Waals surface area contributed by atoms with Crippen molar-refractivity contribution in [2.45, 2.75) is 0 Å². The zero-order chi connectivity index (χ0) is 12.5. The molecule has 2 heterocycles. The zero-order valence-electron chi connectivity index (χ0n) is 9.22. The molecule has 0 unspecified atom stereocenters. The van der Waals surface area contributed by atoms with Crippen molar-refractivity contribution in [1.82, 2.24) is 9.97 Å². The van der Waals surface area contributed by atoms with Crippen LogP contribution in [0.3, 0.4) is 0 Å². The Bertz CT molecular complexity index is 697. The number of hydrogen-bond acceptors (Lipinski definition) is 5. The van der Waals surface area contributed by atoms with Gasteiger partial charge in [-0.2, -0.15) is 0 Å². The van der Waals surface area contributed by atoms with Crippen LogP contribution in [0.4, 0.5) is 5.82 Å². The minimum Gasteiger partial charge on any atom is -0.308 e. The molecule has 3 rings (SSSR count). The molecule has 0 aliphatic carbocycles. The van der Waals surface area contributed by atoms with E-state index in [1.165, 1.54) is 0 Å². The highest BCUT2D eigenvalue weighted by atomic mass is 127. The van der Waals surface area contributed by atoms with Crippen molar-refractivity contribution < 1.29 is 0 Å². The second kappa shape index (κ2) is 4.79. The van der Waals surface area contributed by atoms with E-state index in [9.17, 15) is 0 Å². The molecule has 0 atom stereocenters. The van der Waals surface area contributed by atoms with Crippen LogP contribution in [-0.2, 0) is 0 Å². The van der Waals surface area contributed by atoms with Crippen LogP contribution in [0.5, 0.6) is 0 Å². The molecule has 4 nitrogen and oxygen atoms in total. The van der Waals surface area contributed by atoms with Crippen molar-refractivity contribution in [2.75, 3.05) is 5.43 Å². The molecule has 0 fully saturated rings. The number of nitrogens with zero attached hydrogens (tertiary/aromatic N) is 2. The Kier molecular flexibility index (Phi) is 3.14. The summed E-state index contributed by atoms with van der Waals surface area (Å²) in [5, 5.41) is 2.94. The van der Waals surface area contributed by atoms with E-state index in [0.29, 0.717) is 11.6 Å². The number of thiophene rings is 1. The Balaban J connectivity index is 2.28. The number of benzene rings is 1. The maximum atomic E-state index is 5.55. The van der Waals surface area contributed by atoms with Crippen molar-refractivity contribution in [1.29, 1.82) is 0 Å². The number of hydrazine groups is 1. The molecule has 3 aromatic rings. The number of nitrogens with two attached hydrogens (primary N) is 1. The summed E-state index contributed by atoms with van der Waals surface area (Å²) in [6.45, 7) is 0. The minimum absolute atomic E-state index is 0.655. The summed E-state index contributed by atoms with van der Waals surface area (Å²) in [5.41, 5.74) is 3.54. The van der Waals surface area contributed by atoms with Gasteiger partial charge in [0.05, 0.1) is 10.4 Å². The van der Waals surface area contributed by atoms with Crippen LogP contribution in [0.15, 0.2) is 35.7 Å². The van der Waals surface area contributed by atoms with E-state index in [1.807, 2.05) is 35.7 Å². The molecule has 1 aromatic carbocycles. The van der Waals surface area contributed by atoms with Gasteiger partial charge in [0.1, 0.15) is 0 Å². The molecule has 0 aliphatic rings. The van der Waals surface area contributed by atoms with Gasteiger partial charge in [-0.3, -0.25) is 0 Å². The van der Waals surface area contributed by atoms with Crippen LogP contribution in [0.1, 0.15) is 0 Å². The first-order valence-electron chi connectivity index (χ1n) is 5.26.